The first-order chi connectivity index (χ1) is 7.84. The first kappa shape index (κ1) is 9.99. The van der Waals surface area contributed by atoms with Gasteiger partial charge in [-0.1, -0.05) is 11.6 Å². The normalized spacial score (nSPS) is 21.4. The van der Waals surface area contributed by atoms with E-state index in [-0.39, 0.29) is 6.04 Å². The minimum Gasteiger partial charge on any atom is -0.379 e. The molecule has 0 bridgehead atoms. The van der Waals surface area contributed by atoms with Crippen LogP contribution in [0.4, 0.5) is 0 Å². The van der Waals surface area contributed by atoms with Gasteiger partial charge in [0.1, 0.15) is 10.7 Å². The molecule has 84 valence electrons. The summed E-state index contributed by atoms with van der Waals surface area (Å²) in [5.74, 6) is 0. The van der Waals surface area contributed by atoms with Gasteiger partial charge in [-0.2, -0.15) is 5.10 Å². The van der Waals surface area contributed by atoms with Gasteiger partial charge in [-0.3, -0.25) is 0 Å². The number of halogens is 1. The Balaban J connectivity index is 2.05. The van der Waals surface area contributed by atoms with E-state index in [9.17, 15) is 0 Å². The second kappa shape index (κ2) is 3.99. The van der Waals surface area contributed by atoms with E-state index in [4.69, 9.17) is 16.3 Å². The predicted molar refractivity (Wildman–Crippen MR) is 59.4 cm³/mol. The van der Waals surface area contributed by atoms with E-state index >= 15 is 0 Å². The van der Waals surface area contributed by atoms with Crippen molar-refractivity contribution in [2.45, 2.75) is 18.9 Å². The van der Waals surface area contributed by atoms with E-state index < -0.39 is 0 Å². The Morgan fingerprint density at radius 1 is 1.44 bits per heavy atom. The van der Waals surface area contributed by atoms with Crippen molar-refractivity contribution in [3.05, 3.63) is 17.5 Å². The van der Waals surface area contributed by atoms with Gasteiger partial charge >= 0.3 is 0 Å². The predicted octanol–water partition coefficient (Wildman–Crippen LogP) is 1.83. The summed E-state index contributed by atoms with van der Waals surface area (Å²) in [5, 5.41) is 4.71. The first-order valence-electron chi connectivity index (χ1n) is 5.28. The van der Waals surface area contributed by atoms with E-state index in [1.165, 1.54) is 6.20 Å². The Morgan fingerprint density at radius 3 is 3.19 bits per heavy atom. The van der Waals surface area contributed by atoms with Crippen LogP contribution in [0.2, 0.25) is 5.15 Å². The Kier molecular flexibility index (Phi) is 2.49. The molecule has 0 aromatic carbocycles. The third-order valence-electron chi connectivity index (χ3n) is 2.76. The summed E-state index contributed by atoms with van der Waals surface area (Å²) in [4.78, 5) is 8.44. The first-order valence-corrected chi connectivity index (χ1v) is 5.66. The lowest BCUT2D eigenvalue weighted by Gasteiger charge is -2.22. The van der Waals surface area contributed by atoms with Crippen LogP contribution in [0.25, 0.3) is 11.2 Å². The van der Waals surface area contributed by atoms with Crippen molar-refractivity contribution in [2.24, 2.45) is 0 Å². The van der Waals surface area contributed by atoms with Crippen molar-refractivity contribution >= 4 is 22.8 Å². The van der Waals surface area contributed by atoms with Crippen molar-refractivity contribution in [1.29, 1.82) is 0 Å². The van der Waals surface area contributed by atoms with Crippen LogP contribution in [0.3, 0.4) is 0 Å². The molecule has 0 aliphatic carbocycles. The van der Waals surface area contributed by atoms with E-state index in [0.29, 0.717) is 11.8 Å². The molecule has 0 radical (unpaired) electrons. The van der Waals surface area contributed by atoms with Gasteiger partial charge in [-0.05, 0) is 12.8 Å². The van der Waals surface area contributed by atoms with Crippen molar-refractivity contribution in [3.8, 4) is 0 Å². The zero-order valence-electron chi connectivity index (χ0n) is 8.64. The average molecular weight is 239 g/mol. The fraction of sp³-hybridized carbons (Fsp3) is 0.500. The highest BCUT2D eigenvalue weighted by Gasteiger charge is 2.19. The zero-order chi connectivity index (χ0) is 11.0. The van der Waals surface area contributed by atoms with Crippen LogP contribution in [0.15, 0.2) is 12.4 Å². The molecule has 16 heavy (non-hydrogen) atoms. The minimum absolute atomic E-state index is 0.249. The van der Waals surface area contributed by atoms with Crippen LogP contribution in [0.1, 0.15) is 18.9 Å². The molecule has 2 aromatic heterocycles. The van der Waals surface area contributed by atoms with Gasteiger partial charge in [-0.15, -0.1) is 0 Å². The van der Waals surface area contributed by atoms with E-state index in [0.717, 1.165) is 30.6 Å². The highest BCUT2D eigenvalue weighted by molar-refractivity contribution is 6.29. The summed E-state index contributed by atoms with van der Waals surface area (Å²) in [7, 11) is 0. The second-order valence-electron chi connectivity index (χ2n) is 3.86. The smallest absolute Gasteiger partial charge is 0.178 e. The molecular formula is C10H11ClN4O. The zero-order valence-corrected chi connectivity index (χ0v) is 9.39. The SMILES string of the molecule is Clc1cnc2cnn([C@@H]3CCCOC3)c2n1. The standard InChI is InChI=1S/C10H11ClN4O/c11-9-5-12-8-4-13-15(10(8)14-9)7-2-1-3-16-6-7/h4-5,7H,1-3,6H2/t7-/m1/s1. The van der Waals surface area contributed by atoms with E-state index in [2.05, 4.69) is 15.1 Å². The van der Waals surface area contributed by atoms with Crippen molar-refractivity contribution in [2.75, 3.05) is 13.2 Å². The maximum absolute atomic E-state index is 5.84. The summed E-state index contributed by atoms with van der Waals surface area (Å²) >= 11 is 5.84. The molecule has 3 rings (SSSR count). The van der Waals surface area contributed by atoms with Gasteiger partial charge in [0.05, 0.1) is 25.0 Å². The van der Waals surface area contributed by atoms with Gasteiger partial charge in [0.2, 0.25) is 0 Å². The molecule has 5 nitrogen and oxygen atoms in total. The van der Waals surface area contributed by atoms with Gasteiger partial charge < -0.3 is 4.74 Å². The number of nitrogens with zero attached hydrogens (tertiary/aromatic N) is 4. The number of ether oxygens (including phenoxy) is 1. The fourth-order valence-corrected chi connectivity index (χ4v) is 2.11. The van der Waals surface area contributed by atoms with E-state index in [1.54, 1.807) is 6.20 Å². The van der Waals surface area contributed by atoms with Crippen LogP contribution < -0.4 is 0 Å². The molecule has 1 fully saturated rings. The molecule has 2 aromatic rings. The fourth-order valence-electron chi connectivity index (χ4n) is 1.98. The van der Waals surface area contributed by atoms with Crippen LogP contribution in [0.5, 0.6) is 0 Å². The number of hydrogen-bond acceptors (Lipinski definition) is 4. The molecule has 0 unspecified atom stereocenters. The van der Waals surface area contributed by atoms with Gasteiger partial charge in [0, 0.05) is 6.61 Å². The average Bonchev–Trinajstić information content (AvgIpc) is 2.73. The van der Waals surface area contributed by atoms with E-state index in [1.807, 2.05) is 4.68 Å². The number of hydrogen-bond donors (Lipinski definition) is 0. The molecule has 0 spiro atoms. The summed E-state index contributed by atoms with van der Waals surface area (Å²) in [6.45, 7) is 1.52. The molecule has 1 aliphatic heterocycles. The topological polar surface area (TPSA) is 52.8 Å². The third-order valence-corrected chi connectivity index (χ3v) is 2.94. The lowest BCUT2D eigenvalue weighted by molar-refractivity contribution is 0.0563. The van der Waals surface area contributed by atoms with Crippen LogP contribution in [-0.4, -0.2) is 33.0 Å². The highest BCUT2D eigenvalue weighted by atomic mass is 35.5. The summed E-state index contributed by atoms with van der Waals surface area (Å²) in [5.41, 5.74) is 1.51. The summed E-state index contributed by atoms with van der Waals surface area (Å²) in [6, 6.07) is 0.249. The molecule has 0 N–H and O–H groups in total. The van der Waals surface area contributed by atoms with Crippen molar-refractivity contribution < 1.29 is 4.74 Å². The molecule has 0 amide bonds. The third kappa shape index (κ3) is 1.66. The Hall–Kier alpha value is -1.20. The molecular weight excluding hydrogens is 228 g/mol. The Bertz CT molecular complexity index is 506. The molecule has 6 heteroatoms. The van der Waals surface area contributed by atoms with Gasteiger partial charge in [-0.25, -0.2) is 14.6 Å². The summed E-state index contributed by atoms with van der Waals surface area (Å²) < 4.78 is 7.31. The Morgan fingerprint density at radius 2 is 2.38 bits per heavy atom. The maximum Gasteiger partial charge on any atom is 0.178 e. The van der Waals surface area contributed by atoms with Crippen LogP contribution >= 0.6 is 11.6 Å². The number of fused-ring (bicyclic) bond motifs is 1. The minimum atomic E-state index is 0.249. The molecule has 1 saturated heterocycles. The highest BCUT2D eigenvalue weighted by Crippen LogP contribution is 2.22. The van der Waals surface area contributed by atoms with Gasteiger partial charge in [0.25, 0.3) is 0 Å². The monoisotopic (exact) mass is 238 g/mol. The van der Waals surface area contributed by atoms with Crippen molar-refractivity contribution in [3.63, 3.8) is 0 Å². The largest absolute Gasteiger partial charge is 0.379 e. The van der Waals surface area contributed by atoms with Crippen LogP contribution in [0, 0.1) is 0 Å². The Labute approximate surface area is 97.4 Å². The van der Waals surface area contributed by atoms with Gasteiger partial charge in [0.15, 0.2) is 5.65 Å². The summed E-state index contributed by atoms with van der Waals surface area (Å²) in [6.07, 6.45) is 5.37. The quantitative estimate of drug-likeness (QED) is 0.761. The lowest BCUT2D eigenvalue weighted by atomic mass is 10.1. The lowest BCUT2D eigenvalue weighted by Crippen LogP contribution is -2.22. The molecule has 3 heterocycles. The second-order valence-corrected chi connectivity index (χ2v) is 4.25. The number of aromatic nitrogens is 4. The molecule has 0 saturated carbocycles. The number of rotatable bonds is 1. The molecule has 1 atom stereocenters. The van der Waals surface area contributed by atoms with Crippen molar-refractivity contribution in [1.82, 2.24) is 19.7 Å². The van der Waals surface area contributed by atoms with Crippen LogP contribution in [-0.2, 0) is 4.74 Å². The molecule has 1 aliphatic rings. The maximum atomic E-state index is 5.84.